The zero-order valence-corrected chi connectivity index (χ0v) is 19.2. The number of ketones is 1. The van der Waals surface area contributed by atoms with Crippen LogP contribution in [0, 0.1) is 6.92 Å². The van der Waals surface area contributed by atoms with Gasteiger partial charge in [0.1, 0.15) is 0 Å². The molecule has 2 heterocycles. The predicted molar refractivity (Wildman–Crippen MR) is 130 cm³/mol. The van der Waals surface area contributed by atoms with Gasteiger partial charge < -0.3 is 14.3 Å². The molecule has 6 nitrogen and oxygen atoms in total. The maximum Gasteiger partial charge on any atom is 0.294 e. The van der Waals surface area contributed by atoms with Crippen molar-refractivity contribution in [1.82, 2.24) is 0 Å². The number of anilines is 1. The van der Waals surface area contributed by atoms with Crippen LogP contribution in [0.4, 0.5) is 5.69 Å². The Kier molecular flexibility index (Phi) is 5.38. The summed E-state index contributed by atoms with van der Waals surface area (Å²) in [7, 11) is 1.51. The van der Waals surface area contributed by atoms with E-state index in [0.29, 0.717) is 33.0 Å². The van der Waals surface area contributed by atoms with Gasteiger partial charge >= 0.3 is 0 Å². The smallest absolute Gasteiger partial charge is 0.294 e. The van der Waals surface area contributed by atoms with Gasteiger partial charge in [0.2, 0.25) is 5.78 Å². The van der Waals surface area contributed by atoms with Gasteiger partial charge in [-0.05, 0) is 42.8 Å². The van der Waals surface area contributed by atoms with Crippen LogP contribution in [0.3, 0.4) is 0 Å². The van der Waals surface area contributed by atoms with Crippen LogP contribution in [-0.4, -0.2) is 23.9 Å². The molecule has 0 fully saturated rings. The first-order valence-electron chi connectivity index (χ1n) is 10.6. The highest BCUT2D eigenvalue weighted by molar-refractivity contribution is 6.31. The Hall–Kier alpha value is -4.03. The number of rotatable bonds is 5. The number of para-hydroxylation sites is 1. The van der Waals surface area contributed by atoms with Crippen LogP contribution in [-0.2, 0) is 4.79 Å². The summed E-state index contributed by atoms with van der Waals surface area (Å²) in [6.07, 6.45) is 0. The van der Waals surface area contributed by atoms with E-state index < -0.39 is 23.5 Å². The molecule has 1 aliphatic rings. The Balaban J connectivity index is 1.68. The number of amides is 1. The number of nitrogens with zero attached hydrogens (tertiary/aromatic N) is 1. The molecule has 7 heteroatoms. The van der Waals surface area contributed by atoms with Crippen molar-refractivity contribution >= 4 is 39.9 Å². The molecule has 3 aromatic carbocycles. The Labute approximate surface area is 200 Å². The molecular weight excluding hydrogens is 454 g/mol. The van der Waals surface area contributed by atoms with Crippen LogP contribution in [0.5, 0.6) is 5.75 Å². The number of furan rings is 1. The topological polar surface area (TPSA) is 80.0 Å². The van der Waals surface area contributed by atoms with Gasteiger partial charge in [-0.1, -0.05) is 59.6 Å². The monoisotopic (exact) mass is 473 g/mol. The van der Waals surface area contributed by atoms with E-state index in [2.05, 4.69) is 0 Å². The van der Waals surface area contributed by atoms with Crippen molar-refractivity contribution in [1.29, 1.82) is 0 Å². The van der Waals surface area contributed by atoms with Crippen molar-refractivity contribution < 1.29 is 23.8 Å². The Morgan fingerprint density at radius 2 is 1.82 bits per heavy atom. The van der Waals surface area contributed by atoms with Gasteiger partial charge in [0.15, 0.2) is 22.9 Å². The molecule has 0 spiro atoms. The first-order valence-corrected chi connectivity index (χ1v) is 11.0. The number of aryl methyl sites for hydroxylation is 1. The summed E-state index contributed by atoms with van der Waals surface area (Å²) >= 11 is 6.19. The van der Waals surface area contributed by atoms with Gasteiger partial charge in [-0.3, -0.25) is 14.5 Å². The lowest BCUT2D eigenvalue weighted by Gasteiger charge is -2.27. The summed E-state index contributed by atoms with van der Waals surface area (Å²) in [5.74, 6) is -1.41. The summed E-state index contributed by atoms with van der Waals surface area (Å²) < 4.78 is 11.2. The quantitative estimate of drug-likeness (QED) is 0.350. The predicted octanol–water partition coefficient (Wildman–Crippen LogP) is 6.19. The van der Waals surface area contributed by atoms with Gasteiger partial charge in [0, 0.05) is 16.1 Å². The molecule has 34 heavy (non-hydrogen) atoms. The van der Waals surface area contributed by atoms with Crippen molar-refractivity contribution in [2.45, 2.75) is 13.0 Å². The van der Waals surface area contributed by atoms with E-state index in [1.54, 1.807) is 48.5 Å². The molecule has 170 valence electrons. The number of Topliss-reactive ketones (excluding diaryl/α,β-unsaturated/α-hetero) is 1. The second-order valence-electron chi connectivity index (χ2n) is 8.05. The highest BCUT2D eigenvalue weighted by Gasteiger charge is 2.45. The number of methoxy groups -OCH3 is 1. The molecule has 0 saturated carbocycles. The molecule has 0 bridgehead atoms. The van der Waals surface area contributed by atoms with Crippen molar-refractivity contribution in [2.75, 3.05) is 12.0 Å². The third-order valence-corrected chi connectivity index (χ3v) is 6.08. The SMILES string of the molecule is COc1cccc2cc(C(=O)C3=C(O)C(=O)N(c4cccc(Cl)c4)C3c3cccc(C)c3)oc12. The maximum absolute atomic E-state index is 13.7. The lowest BCUT2D eigenvalue weighted by atomic mass is 9.94. The lowest BCUT2D eigenvalue weighted by Crippen LogP contribution is -2.31. The summed E-state index contributed by atoms with van der Waals surface area (Å²) in [5.41, 5.74) is 2.44. The number of hydrogen-bond donors (Lipinski definition) is 1. The summed E-state index contributed by atoms with van der Waals surface area (Å²) in [6, 6.07) is 20.2. The second-order valence-corrected chi connectivity index (χ2v) is 8.49. The number of halogens is 1. The van der Waals surface area contributed by atoms with Crippen LogP contribution in [0.25, 0.3) is 11.0 Å². The summed E-state index contributed by atoms with van der Waals surface area (Å²) in [5, 5.41) is 12.0. The highest BCUT2D eigenvalue weighted by Crippen LogP contribution is 2.43. The zero-order valence-electron chi connectivity index (χ0n) is 18.4. The Morgan fingerprint density at radius 1 is 1.06 bits per heavy atom. The van der Waals surface area contributed by atoms with Gasteiger partial charge in [0.25, 0.3) is 5.91 Å². The van der Waals surface area contributed by atoms with E-state index in [4.69, 9.17) is 20.8 Å². The molecule has 5 rings (SSSR count). The molecule has 1 unspecified atom stereocenters. The van der Waals surface area contributed by atoms with Crippen molar-refractivity contribution in [2.24, 2.45) is 0 Å². The molecule has 0 aliphatic carbocycles. The third-order valence-electron chi connectivity index (χ3n) is 5.85. The minimum absolute atomic E-state index is 0.000512. The second kappa shape index (κ2) is 8.39. The van der Waals surface area contributed by atoms with Gasteiger partial charge in [-0.15, -0.1) is 0 Å². The first-order chi connectivity index (χ1) is 16.4. The van der Waals surface area contributed by atoms with Crippen LogP contribution in [0.2, 0.25) is 5.02 Å². The molecule has 0 radical (unpaired) electrons. The minimum atomic E-state index is -0.867. The van der Waals surface area contributed by atoms with E-state index in [1.807, 2.05) is 31.2 Å². The Morgan fingerprint density at radius 3 is 2.56 bits per heavy atom. The average Bonchev–Trinajstić information content (AvgIpc) is 3.38. The molecule has 1 aromatic heterocycles. The number of ether oxygens (including phenoxy) is 1. The van der Waals surface area contributed by atoms with Crippen LogP contribution < -0.4 is 9.64 Å². The first kappa shape index (κ1) is 21.8. The number of carbonyl (C=O) groups is 2. The molecule has 1 atom stereocenters. The van der Waals surface area contributed by atoms with Crippen LogP contribution in [0.15, 0.2) is 88.5 Å². The molecule has 0 saturated heterocycles. The molecule has 1 amide bonds. The maximum atomic E-state index is 13.7. The number of aliphatic hydroxyl groups excluding tert-OH is 1. The van der Waals surface area contributed by atoms with E-state index in [1.165, 1.54) is 12.0 Å². The van der Waals surface area contributed by atoms with E-state index in [-0.39, 0.29) is 11.3 Å². The molecule has 1 N–H and O–H groups in total. The van der Waals surface area contributed by atoms with Crippen molar-refractivity contribution in [3.63, 3.8) is 0 Å². The van der Waals surface area contributed by atoms with Gasteiger partial charge in [-0.25, -0.2) is 0 Å². The highest BCUT2D eigenvalue weighted by atomic mass is 35.5. The van der Waals surface area contributed by atoms with Crippen LogP contribution in [0.1, 0.15) is 27.7 Å². The lowest BCUT2D eigenvalue weighted by molar-refractivity contribution is -0.117. The number of fused-ring (bicyclic) bond motifs is 1. The standard InChI is InChI=1S/C27H20ClNO5/c1-15-6-3-7-16(12-15)23-22(25(31)27(32)29(23)19-10-5-9-18(28)14-19)24(30)21-13-17-8-4-11-20(33-2)26(17)34-21/h3-14,23,31H,1-2H3. The minimum Gasteiger partial charge on any atom is -0.503 e. The number of benzene rings is 3. The fourth-order valence-electron chi connectivity index (χ4n) is 4.33. The normalized spacial score (nSPS) is 15.9. The fraction of sp³-hybridized carbons (Fsp3) is 0.111. The number of aliphatic hydroxyl groups is 1. The van der Waals surface area contributed by atoms with E-state index >= 15 is 0 Å². The number of hydrogen-bond acceptors (Lipinski definition) is 5. The van der Waals surface area contributed by atoms with Crippen LogP contribution >= 0.6 is 11.6 Å². The summed E-state index contributed by atoms with van der Waals surface area (Å²) in [6.45, 7) is 1.92. The molecule has 4 aromatic rings. The Bertz CT molecular complexity index is 1490. The van der Waals surface area contributed by atoms with E-state index in [9.17, 15) is 14.7 Å². The van der Waals surface area contributed by atoms with Gasteiger partial charge in [0.05, 0.1) is 18.7 Å². The largest absolute Gasteiger partial charge is 0.503 e. The number of carbonyl (C=O) groups excluding carboxylic acids is 2. The third kappa shape index (κ3) is 3.53. The molecular formula is C27H20ClNO5. The van der Waals surface area contributed by atoms with Crippen molar-refractivity contribution in [3.05, 3.63) is 106 Å². The van der Waals surface area contributed by atoms with E-state index in [0.717, 1.165) is 5.56 Å². The fourth-order valence-corrected chi connectivity index (χ4v) is 4.51. The van der Waals surface area contributed by atoms with Gasteiger partial charge in [-0.2, -0.15) is 0 Å². The van der Waals surface area contributed by atoms with Crippen molar-refractivity contribution in [3.8, 4) is 5.75 Å². The summed E-state index contributed by atoms with van der Waals surface area (Å²) in [4.78, 5) is 28.4. The zero-order chi connectivity index (χ0) is 24.0. The molecule has 1 aliphatic heterocycles. The average molecular weight is 474 g/mol.